The van der Waals surface area contributed by atoms with Gasteiger partial charge in [0, 0.05) is 63.3 Å². The van der Waals surface area contributed by atoms with E-state index in [2.05, 4.69) is 39.0 Å². The van der Waals surface area contributed by atoms with Gasteiger partial charge in [-0.1, -0.05) is 0 Å². The Morgan fingerprint density at radius 1 is 1.08 bits per heavy atom. The maximum absolute atomic E-state index is 13.7. The molecule has 1 aromatic heterocycles. The Kier molecular flexibility index (Phi) is 8.25. The molecule has 192 valence electrons. The summed E-state index contributed by atoms with van der Waals surface area (Å²) in [6, 6.07) is 12.0. The second kappa shape index (κ2) is 11.6. The first-order valence-electron chi connectivity index (χ1n) is 12.7. The molecule has 2 aliphatic rings. The van der Waals surface area contributed by atoms with Crippen molar-refractivity contribution in [2.45, 2.75) is 38.2 Å². The highest BCUT2D eigenvalue weighted by Crippen LogP contribution is 2.31. The maximum atomic E-state index is 13.7. The number of aliphatic hydroxyl groups excluding tert-OH is 1. The van der Waals surface area contributed by atoms with Gasteiger partial charge in [-0.25, -0.2) is 9.78 Å². The molecule has 1 amide bonds. The quantitative estimate of drug-likeness (QED) is 0.543. The van der Waals surface area contributed by atoms with E-state index in [0.717, 1.165) is 31.3 Å². The van der Waals surface area contributed by atoms with E-state index in [9.17, 15) is 14.7 Å². The van der Waals surface area contributed by atoms with Crippen LogP contribution in [0.1, 0.15) is 37.7 Å². The van der Waals surface area contributed by atoms with Crippen molar-refractivity contribution in [2.24, 2.45) is 11.8 Å². The van der Waals surface area contributed by atoms with Crippen molar-refractivity contribution in [1.82, 2.24) is 4.98 Å². The third-order valence-corrected chi connectivity index (χ3v) is 7.23. The molecule has 1 aliphatic carbocycles. The smallest absolute Gasteiger partial charge is 0.328 e. The maximum Gasteiger partial charge on any atom is 0.328 e. The molecule has 36 heavy (non-hydrogen) atoms. The van der Waals surface area contributed by atoms with Crippen LogP contribution in [-0.2, 0) is 9.59 Å². The highest BCUT2D eigenvalue weighted by Gasteiger charge is 2.33. The van der Waals surface area contributed by atoms with Gasteiger partial charge in [-0.3, -0.25) is 9.69 Å². The number of aromatic nitrogens is 1. The van der Waals surface area contributed by atoms with E-state index in [0.29, 0.717) is 43.6 Å². The number of carboxylic acid groups (broad SMARTS) is 1. The largest absolute Gasteiger partial charge is 0.478 e. The SMILES string of the molecule is CN(C)c1ccc(N2CCC(CN(C(=O)C3CCC(O)CC3)c3cc(C=CC(=O)O)ccn3)C2)cc1. The Balaban J connectivity index is 1.51. The Hall–Kier alpha value is -3.39. The lowest BCUT2D eigenvalue weighted by Crippen LogP contribution is -2.42. The number of aliphatic carboxylic acids is 1. The van der Waals surface area contributed by atoms with Gasteiger partial charge in [0.15, 0.2) is 0 Å². The fourth-order valence-corrected chi connectivity index (χ4v) is 5.13. The highest BCUT2D eigenvalue weighted by atomic mass is 16.4. The first-order valence-corrected chi connectivity index (χ1v) is 12.7. The third-order valence-electron chi connectivity index (χ3n) is 7.23. The average molecular weight is 493 g/mol. The van der Waals surface area contributed by atoms with Gasteiger partial charge in [0.05, 0.1) is 6.10 Å². The van der Waals surface area contributed by atoms with Crippen LogP contribution in [0.25, 0.3) is 6.08 Å². The van der Waals surface area contributed by atoms with Gasteiger partial charge in [0.25, 0.3) is 0 Å². The van der Waals surface area contributed by atoms with Gasteiger partial charge in [0.1, 0.15) is 5.82 Å². The molecule has 2 fully saturated rings. The van der Waals surface area contributed by atoms with Crippen LogP contribution in [-0.4, -0.2) is 66.9 Å². The zero-order valence-electron chi connectivity index (χ0n) is 21.1. The topological polar surface area (TPSA) is 97.2 Å². The number of anilines is 3. The van der Waals surface area contributed by atoms with Crippen molar-refractivity contribution in [1.29, 1.82) is 0 Å². The number of benzene rings is 1. The molecule has 1 saturated carbocycles. The van der Waals surface area contributed by atoms with Crippen LogP contribution >= 0.6 is 0 Å². The van der Waals surface area contributed by atoms with Crippen LogP contribution in [0.15, 0.2) is 48.7 Å². The Bertz CT molecular complexity index is 1080. The van der Waals surface area contributed by atoms with Crippen LogP contribution in [0.5, 0.6) is 0 Å². The number of rotatable bonds is 8. The lowest BCUT2D eigenvalue weighted by Gasteiger charge is -2.32. The molecule has 1 atom stereocenters. The lowest BCUT2D eigenvalue weighted by atomic mass is 9.86. The molecular formula is C28H36N4O4. The summed E-state index contributed by atoms with van der Waals surface area (Å²) < 4.78 is 0. The number of carbonyl (C=O) groups excluding carboxylic acids is 1. The van der Waals surface area contributed by atoms with E-state index in [1.165, 1.54) is 11.8 Å². The minimum Gasteiger partial charge on any atom is -0.478 e. The van der Waals surface area contributed by atoms with Gasteiger partial charge < -0.3 is 20.0 Å². The summed E-state index contributed by atoms with van der Waals surface area (Å²) in [6.45, 7) is 2.34. The molecule has 1 aliphatic heterocycles. The number of pyridine rings is 1. The monoisotopic (exact) mass is 492 g/mol. The van der Waals surface area contributed by atoms with E-state index >= 15 is 0 Å². The van der Waals surface area contributed by atoms with Crippen LogP contribution in [0.4, 0.5) is 17.2 Å². The number of amides is 1. The van der Waals surface area contributed by atoms with E-state index in [1.807, 2.05) is 14.1 Å². The van der Waals surface area contributed by atoms with E-state index in [4.69, 9.17) is 5.11 Å². The van der Waals surface area contributed by atoms with E-state index in [-0.39, 0.29) is 23.8 Å². The number of nitrogens with zero attached hydrogens (tertiary/aromatic N) is 4. The van der Waals surface area contributed by atoms with E-state index in [1.54, 1.807) is 23.2 Å². The predicted molar refractivity (Wildman–Crippen MR) is 142 cm³/mol. The summed E-state index contributed by atoms with van der Waals surface area (Å²) in [6.07, 6.45) is 7.49. The van der Waals surface area contributed by atoms with Crippen molar-refractivity contribution in [3.63, 3.8) is 0 Å². The first kappa shape index (κ1) is 25.7. The molecule has 8 nitrogen and oxygen atoms in total. The lowest BCUT2D eigenvalue weighted by molar-refractivity contribution is -0.131. The fourth-order valence-electron chi connectivity index (χ4n) is 5.13. The molecule has 0 spiro atoms. The van der Waals surface area contributed by atoms with Crippen molar-refractivity contribution in [2.75, 3.05) is 48.4 Å². The molecule has 2 aromatic rings. The Labute approximate surface area is 212 Å². The number of carboxylic acids is 1. The van der Waals surface area contributed by atoms with Crippen LogP contribution in [0.3, 0.4) is 0 Å². The zero-order chi connectivity index (χ0) is 25.7. The number of aliphatic hydroxyl groups is 1. The van der Waals surface area contributed by atoms with Gasteiger partial charge in [-0.15, -0.1) is 0 Å². The summed E-state index contributed by atoms with van der Waals surface area (Å²) in [5, 5.41) is 18.9. The summed E-state index contributed by atoms with van der Waals surface area (Å²) in [7, 11) is 4.06. The summed E-state index contributed by atoms with van der Waals surface area (Å²) >= 11 is 0. The first-order chi connectivity index (χ1) is 17.3. The highest BCUT2D eigenvalue weighted by molar-refractivity contribution is 5.94. The molecule has 1 saturated heterocycles. The minimum atomic E-state index is -1.02. The van der Waals surface area contributed by atoms with Gasteiger partial charge >= 0.3 is 5.97 Å². The van der Waals surface area contributed by atoms with Crippen LogP contribution < -0.4 is 14.7 Å². The molecule has 2 N–H and O–H groups in total. The van der Waals surface area contributed by atoms with Crippen LogP contribution in [0, 0.1) is 11.8 Å². The second-order valence-corrected chi connectivity index (χ2v) is 10.1. The molecule has 4 rings (SSSR count). The average Bonchev–Trinajstić information content (AvgIpc) is 3.35. The summed E-state index contributed by atoms with van der Waals surface area (Å²) in [5.41, 5.74) is 3.03. The van der Waals surface area contributed by atoms with Crippen molar-refractivity contribution >= 4 is 35.1 Å². The Morgan fingerprint density at radius 3 is 2.47 bits per heavy atom. The summed E-state index contributed by atoms with van der Waals surface area (Å²) in [4.78, 5) is 35.4. The Morgan fingerprint density at radius 2 is 1.81 bits per heavy atom. The zero-order valence-corrected chi connectivity index (χ0v) is 21.1. The van der Waals surface area contributed by atoms with Crippen LogP contribution in [0.2, 0.25) is 0 Å². The number of hydrogen-bond acceptors (Lipinski definition) is 6. The molecular weight excluding hydrogens is 456 g/mol. The molecule has 1 aromatic carbocycles. The number of carbonyl (C=O) groups is 2. The van der Waals surface area contributed by atoms with Crippen molar-refractivity contribution in [3.05, 3.63) is 54.2 Å². The summed E-state index contributed by atoms with van der Waals surface area (Å²) in [5.74, 6) is -0.275. The standard InChI is InChI=1S/C28H36N4O4/c1-30(2)23-6-8-24(9-7-23)31-16-14-21(18-31)19-32(28(36)22-4-10-25(33)11-5-22)26-17-20(13-15-29-26)3-12-27(34)35/h3,6-9,12-13,15,17,21-22,25,33H,4-5,10-11,14,16,18-19H2,1-2H3,(H,34,35). The molecule has 1 unspecified atom stereocenters. The van der Waals surface area contributed by atoms with Crippen molar-refractivity contribution in [3.8, 4) is 0 Å². The van der Waals surface area contributed by atoms with Crippen molar-refractivity contribution < 1.29 is 19.8 Å². The normalized spacial score (nSPS) is 22.1. The third kappa shape index (κ3) is 6.43. The molecule has 0 bridgehead atoms. The number of hydrogen-bond donors (Lipinski definition) is 2. The second-order valence-electron chi connectivity index (χ2n) is 10.1. The molecule has 8 heteroatoms. The van der Waals surface area contributed by atoms with Gasteiger partial charge in [-0.2, -0.15) is 0 Å². The van der Waals surface area contributed by atoms with Gasteiger partial charge in [-0.05, 0) is 86.1 Å². The molecule has 2 heterocycles. The van der Waals surface area contributed by atoms with Gasteiger partial charge in [0.2, 0.25) is 5.91 Å². The molecule has 0 radical (unpaired) electrons. The predicted octanol–water partition coefficient (Wildman–Crippen LogP) is 3.66. The minimum absolute atomic E-state index is 0.0440. The fraction of sp³-hybridized carbons (Fsp3) is 0.464. The van der Waals surface area contributed by atoms with E-state index < -0.39 is 5.97 Å².